The van der Waals surface area contributed by atoms with Gasteiger partial charge in [-0.15, -0.1) is 13.2 Å². The molecule has 0 saturated carbocycles. The van der Waals surface area contributed by atoms with Crippen molar-refractivity contribution in [3.05, 3.63) is 53.6 Å². The Kier molecular flexibility index (Phi) is 6.19. The molecule has 1 N–H and O–H groups in total. The monoisotopic (exact) mass is 300 g/mol. The van der Waals surface area contributed by atoms with E-state index in [2.05, 4.69) is 18.5 Å². The first-order valence-corrected chi connectivity index (χ1v) is 6.47. The van der Waals surface area contributed by atoms with E-state index in [1.165, 1.54) is 0 Å². The molecule has 0 radical (unpaired) electrons. The standard InChI is InChI=1S/C13H14Cl2N2S/c1-3-7-17(8-4-2)13(18)16-10-5-6-11(14)12(15)9-10/h3-6,9H,1-2,7-8H2,(H,16,18). The first kappa shape index (κ1) is 15.0. The number of halogens is 2. The first-order valence-electron chi connectivity index (χ1n) is 5.31. The van der Waals surface area contributed by atoms with E-state index in [1.54, 1.807) is 24.3 Å². The van der Waals surface area contributed by atoms with Gasteiger partial charge in [0.25, 0.3) is 0 Å². The molecule has 0 aromatic heterocycles. The Labute approximate surface area is 123 Å². The number of thiocarbonyl (C=S) groups is 1. The Morgan fingerprint density at radius 2 is 1.83 bits per heavy atom. The zero-order valence-electron chi connectivity index (χ0n) is 9.83. The third-order valence-electron chi connectivity index (χ3n) is 2.16. The van der Waals surface area contributed by atoms with Gasteiger partial charge in [-0.25, -0.2) is 0 Å². The molecular formula is C13H14Cl2N2S. The molecule has 5 heteroatoms. The van der Waals surface area contributed by atoms with Crippen molar-refractivity contribution in [1.29, 1.82) is 0 Å². The van der Waals surface area contributed by atoms with Gasteiger partial charge in [-0.2, -0.15) is 0 Å². The highest BCUT2D eigenvalue weighted by Gasteiger charge is 2.07. The predicted octanol–water partition coefficient (Wildman–Crippen LogP) is 4.36. The first-order chi connectivity index (χ1) is 8.58. The quantitative estimate of drug-likeness (QED) is 0.642. The topological polar surface area (TPSA) is 15.3 Å². The lowest BCUT2D eigenvalue weighted by Crippen LogP contribution is -2.34. The Hall–Kier alpha value is -1.03. The van der Waals surface area contributed by atoms with Gasteiger partial charge < -0.3 is 10.2 Å². The number of nitrogens with zero attached hydrogens (tertiary/aromatic N) is 1. The maximum absolute atomic E-state index is 5.94. The maximum Gasteiger partial charge on any atom is 0.173 e. The van der Waals surface area contributed by atoms with Crippen LogP contribution in [-0.2, 0) is 0 Å². The molecule has 0 atom stereocenters. The molecule has 0 unspecified atom stereocenters. The van der Waals surface area contributed by atoms with Gasteiger partial charge in [-0.3, -0.25) is 0 Å². The lowest BCUT2D eigenvalue weighted by atomic mass is 10.3. The molecule has 1 rings (SSSR count). The minimum atomic E-state index is 0.489. The van der Waals surface area contributed by atoms with Gasteiger partial charge in [0, 0.05) is 18.8 Å². The third kappa shape index (κ3) is 4.33. The summed E-state index contributed by atoms with van der Waals surface area (Å²) in [5.41, 5.74) is 0.799. The minimum absolute atomic E-state index is 0.489. The van der Waals surface area contributed by atoms with Crippen molar-refractivity contribution >= 4 is 46.2 Å². The fourth-order valence-corrected chi connectivity index (χ4v) is 1.89. The van der Waals surface area contributed by atoms with E-state index in [9.17, 15) is 0 Å². The van der Waals surface area contributed by atoms with Crippen molar-refractivity contribution in [1.82, 2.24) is 4.90 Å². The summed E-state index contributed by atoms with van der Waals surface area (Å²) >= 11 is 17.1. The summed E-state index contributed by atoms with van der Waals surface area (Å²) in [5, 5.41) is 4.69. The van der Waals surface area contributed by atoms with E-state index in [0.717, 1.165) is 5.69 Å². The lowest BCUT2D eigenvalue weighted by molar-refractivity contribution is 0.522. The van der Waals surface area contributed by atoms with E-state index in [4.69, 9.17) is 35.4 Å². The van der Waals surface area contributed by atoms with Crippen molar-refractivity contribution < 1.29 is 0 Å². The van der Waals surface area contributed by atoms with Crippen molar-refractivity contribution in [2.75, 3.05) is 18.4 Å². The maximum atomic E-state index is 5.94. The molecule has 0 heterocycles. The number of nitrogens with one attached hydrogen (secondary N) is 1. The second kappa shape index (κ2) is 7.41. The average molecular weight is 301 g/mol. The normalized spacial score (nSPS) is 9.67. The van der Waals surface area contributed by atoms with E-state index in [0.29, 0.717) is 28.2 Å². The molecule has 0 aliphatic heterocycles. The Bertz CT molecular complexity index is 450. The zero-order chi connectivity index (χ0) is 13.5. The van der Waals surface area contributed by atoms with E-state index >= 15 is 0 Å². The highest BCUT2D eigenvalue weighted by Crippen LogP contribution is 2.25. The Balaban J connectivity index is 2.75. The number of benzene rings is 1. The lowest BCUT2D eigenvalue weighted by Gasteiger charge is -2.23. The van der Waals surface area contributed by atoms with Crippen LogP contribution in [0.3, 0.4) is 0 Å². The fourth-order valence-electron chi connectivity index (χ4n) is 1.33. The summed E-state index contributed by atoms with van der Waals surface area (Å²) in [7, 11) is 0. The van der Waals surface area contributed by atoms with Crippen molar-refractivity contribution in [3.63, 3.8) is 0 Å². The zero-order valence-corrected chi connectivity index (χ0v) is 12.2. The molecule has 0 bridgehead atoms. The van der Waals surface area contributed by atoms with Crippen LogP contribution < -0.4 is 5.32 Å². The molecule has 2 nitrogen and oxygen atoms in total. The van der Waals surface area contributed by atoms with E-state index in [1.807, 2.05) is 11.0 Å². The number of hydrogen-bond donors (Lipinski definition) is 1. The number of hydrogen-bond acceptors (Lipinski definition) is 1. The molecule has 96 valence electrons. The summed E-state index contributed by atoms with van der Waals surface area (Å²) in [5.74, 6) is 0. The second-order valence-corrected chi connectivity index (χ2v) is 4.74. The molecule has 0 amide bonds. The number of anilines is 1. The van der Waals surface area contributed by atoms with Crippen LogP contribution >= 0.6 is 35.4 Å². The van der Waals surface area contributed by atoms with Crippen LogP contribution in [0.2, 0.25) is 10.0 Å². The van der Waals surface area contributed by atoms with Crippen LogP contribution in [0.4, 0.5) is 5.69 Å². The predicted molar refractivity (Wildman–Crippen MR) is 84.6 cm³/mol. The van der Waals surface area contributed by atoms with E-state index in [-0.39, 0.29) is 0 Å². The second-order valence-electron chi connectivity index (χ2n) is 3.54. The van der Waals surface area contributed by atoms with Crippen molar-refractivity contribution in [2.24, 2.45) is 0 Å². The largest absolute Gasteiger partial charge is 0.342 e. The summed E-state index contributed by atoms with van der Waals surface area (Å²) < 4.78 is 0. The van der Waals surface area contributed by atoms with Gasteiger partial charge in [0.15, 0.2) is 5.11 Å². The summed E-state index contributed by atoms with van der Waals surface area (Å²) in [6.07, 6.45) is 3.57. The molecule has 1 aromatic carbocycles. The Morgan fingerprint density at radius 1 is 1.22 bits per heavy atom. The highest BCUT2D eigenvalue weighted by atomic mass is 35.5. The summed E-state index contributed by atoms with van der Waals surface area (Å²) in [6, 6.07) is 5.27. The van der Waals surface area contributed by atoms with Gasteiger partial charge in [0.1, 0.15) is 0 Å². The van der Waals surface area contributed by atoms with Crippen LogP contribution in [0.15, 0.2) is 43.5 Å². The molecule has 18 heavy (non-hydrogen) atoms. The summed E-state index contributed by atoms with van der Waals surface area (Å²) in [4.78, 5) is 1.93. The van der Waals surface area contributed by atoms with Gasteiger partial charge >= 0.3 is 0 Å². The van der Waals surface area contributed by atoms with Gasteiger partial charge in [0.05, 0.1) is 10.0 Å². The van der Waals surface area contributed by atoms with Crippen LogP contribution in [0, 0.1) is 0 Å². The van der Waals surface area contributed by atoms with Crippen LogP contribution in [-0.4, -0.2) is 23.1 Å². The van der Waals surface area contributed by atoms with Crippen LogP contribution in [0.25, 0.3) is 0 Å². The van der Waals surface area contributed by atoms with Crippen LogP contribution in [0.5, 0.6) is 0 Å². The van der Waals surface area contributed by atoms with Crippen molar-refractivity contribution in [2.45, 2.75) is 0 Å². The third-order valence-corrected chi connectivity index (χ3v) is 3.26. The molecule has 0 aliphatic rings. The highest BCUT2D eigenvalue weighted by molar-refractivity contribution is 7.80. The molecule has 0 fully saturated rings. The molecule has 0 aliphatic carbocycles. The van der Waals surface area contributed by atoms with Crippen LogP contribution in [0.1, 0.15) is 0 Å². The van der Waals surface area contributed by atoms with Gasteiger partial charge in [0.2, 0.25) is 0 Å². The van der Waals surface area contributed by atoms with Gasteiger partial charge in [-0.05, 0) is 30.4 Å². The van der Waals surface area contributed by atoms with E-state index < -0.39 is 0 Å². The van der Waals surface area contributed by atoms with Crippen molar-refractivity contribution in [3.8, 4) is 0 Å². The Morgan fingerprint density at radius 3 is 2.33 bits per heavy atom. The van der Waals surface area contributed by atoms with Gasteiger partial charge in [-0.1, -0.05) is 35.4 Å². The molecule has 0 saturated heterocycles. The average Bonchev–Trinajstić information content (AvgIpc) is 2.33. The smallest absolute Gasteiger partial charge is 0.173 e. The molecular weight excluding hydrogens is 287 g/mol. The fraction of sp³-hybridized carbons (Fsp3) is 0.154. The molecule has 0 spiro atoms. The SMILES string of the molecule is C=CCN(CC=C)C(=S)Nc1ccc(Cl)c(Cl)c1. The molecule has 1 aromatic rings. The minimum Gasteiger partial charge on any atom is -0.342 e. The summed E-state index contributed by atoms with van der Waals surface area (Å²) in [6.45, 7) is 8.70. The number of rotatable bonds is 5.